The van der Waals surface area contributed by atoms with Crippen molar-refractivity contribution in [3.05, 3.63) is 0 Å². The molecule has 0 aliphatic heterocycles. The smallest absolute Gasteiger partial charge is 0.104 e. The molecular formula is C15H31NO. The lowest BCUT2D eigenvalue weighted by Gasteiger charge is -2.39. The fourth-order valence-electron chi connectivity index (χ4n) is 3.11. The van der Waals surface area contributed by atoms with E-state index in [0.29, 0.717) is 6.04 Å². The number of hydrogen-bond donors (Lipinski definition) is 1. The molecule has 2 nitrogen and oxygen atoms in total. The van der Waals surface area contributed by atoms with Crippen LogP contribution >= 0.6 is 0 Å². The van der Waals surface area contributed by atoms with Crippen LogP contribution in [-0.2, 0) is 0 Å². The van der Waals surface area contributed by atoms with Crippen LogP contribution in [0.1, 0.15) is 72.1 Å². The highest BCUT2D eigenvalue weighted by Gasteiger charge is 2.27. The Morgan fingerprint density at radius 1 is 1.18 bits per heavy atom. The molecule has 0 aromatic heterocycles. The van der Waals surface area contributed by atoms with Gasteiger partial charge in [-0.3, -0.25) is 4.90 Å². The molecular weight excluding hydrogens is 210 g/mol. The molecule has 0 aromatic carbocycles. The standard InChI is InChI=1S/C15H31NO/c1-4-5-12-16(14(3)17)15-11-9-7-6-8-10-13(15)2/h13-15,17H,4-12H2,1-3H3. The van der Waals surface area contributed by atoms with Crippen molar-refractivity contribution in [2.75, 3.05) is 6.54 Å². The van der Waals surface area contributed by atoms with E-state index in [1.54, 1.807) is 0 Å². The van der Waals surface area contributed by atoms with Gasteiger partial charge in [0.05, 0.1) is 0 Å². The Morgan fingerprint density at radius 3 is 2.41 bits per heavy atom. The monoisotopic (exact) mass is 241 g/mol. The summed E-state index contributed by atoms with van der Waals surface area (Å²) in [6.45, 7) is 7.59. The first-order valence-electron chi connectivity index (χ1n) is 7.60. The maximum atomic E-state index is 10.00. The SMILES string of the molecule is CCCCN(C(C)O)C1CCCCCCC1C. The van der Waals surface area contributed by atoms with E-state index in [1.807, 2.05) is 6.92 Å². The lowest BCUT2D eigenvalue weighted by Crippen LogP contribution is -2.46. The lowest BCUT2D eigenvalue weighted by atomic mass is 9.87. The second-order valence-electron chi connectivity index (χ2n) is 5.76. The summed E-state index contributed by atoms with van der Waals surface area (Å²) in [6.07, 6.45) is 10.2. The van der Waals surface area contributed by atoms with E-state index in [4.69, 9.17) is 0 Å². The molecule has 2 heteroatoms. The topological polar surface area (TPSA) is 23.5 Å². The van der Waals surface area contributed by atoms with E-state index in [1.165, 1.54) is 51.4 Å². The summed E-state index contributed by atoms with van der Waals surface area (Å²) in [7, 11) is 0. The second-order valence-corrected chi connectivity index (χ2v) is 5.76. The third-order valence-corrected chi connectivity index (χ3v) is 4.24. The normalized spacial score (nSPS) is 28.8. The van der Waals surface area contributed by atoms with Crippen LogP contribution in [0.3, 0.4) is 0 Å². The van der Waals surface area contributed by atoms with Crippen LogP contribution in [-0.4, -0.2) is 28.8 Å². The van der Waals surface area contributed by atoms with Crippen molar-refractivity contribution >= 4 is 0 Å². The lowest BCUT2D eigenvalue weighted by molar-refractivity contribution is -0.0337. The van der Waals surface area contributed by atoms with Gasteiger partial charge in [-0.2, -0.15) is 0 Å². The van der Waals surface area contributed by atoms with Gasteiger partial charge in [-0.05, 0) is 32.1 Å². The molecule has 1 N–H and O–H groups in total. The Morgan fingerprint density at radius 2 is 1.82 bits per heavy atom. The van der Waals surface area contributed by atoms with Crippen LogP contribution in [0.15, 0.2) is 0 Å². The molecule has 1 saturated carbocycles. The molecule has 0 heterocycles. The van der Waals surface area contributed by atoms with E-state index in [9.17, 15) is 5.11 Å². The minimum absolute atomic E-state index is 0.284. The van der Waals surface area contributed by atoms with Crippen molar-refractivity contribution in [1.29, 1.82) is 0 Å². The molecule has 0 saturated heterocycles. The highest BCUT2D eigenvalue weighted by atomic mass is 16.3. The molecule has 0 radical (unpaired) electrons. The fourth-order valence-corrected chi connectivity index (χ4v) is 3.11. The van der Waals surface area contributed by atoms with Crippen LogP contribution in [0.4, 0.5) is 0 Å². The van der Waals surface area contributed by atoms with Crippen LogP contribution in [0, 0.1) is 5.92 Å². The van der Waals surface area contributed by atoms with Gasteiger partial charge in [0, 0.05) is 12.6 Å². The Kier molecular flexibility index (Phi) is 7.14. The van der Waals surface area contributed by atoms with E-state index in [-0.39, 0.29) is 6.23 Å². The average molecular weight is 241 g/mol. The minimum Gasteiger partial charge on any atom is -0.379 e. The average Bonchev–Trinajstić information content (AvgIpc) is 2.27. The number of aliphatic hydroxyl groups excluding tert-OH is 1. The van der Waals surface area contributed by atoms with E-state index in [2.05, 4.69) is 18.7 Å². The Labute approximate surface area is 107 Å². The van der Waals surface area contributed by atoms with Gasteiger partial charge in [0.15, 0.2) is 0 Å². The van der Waals surface area contributed by atoms with Crippen LogP contribution in [0.5, 0.6) is 0 Å². The van der Waals surface area contributed by atoms with Gasteiger partial charge in [-0.1, -0.05) is 46.0 Å². The minimum atomic E-state index is -0.284. The number of nitrogens with zero attached hydrogens (tertiary/aromatic N) is 1. The first-order valence-corrected chi connectivity index (χ1v) is 7.60. The molecule has 1 aliphatic carbocycles. The second kappa shape index (κ2) is 8.10. The highest BCUT2D eigenvalue weighted by Crippen LogP contribution is 2.27. The Bertz CT molecular complexity index is 193. The third kappa shape index (κ3) is 4.97. The molecule has 0 bridgehead atoms. The van der Waals surface area contributed by atoms with Crippen LogP contribution in [0.2, 0.25) is 0 Å². The van der Waals surface area contributed by atoms with Crippen molar-refractivity contribution in [3.8, 4) is 0 Å². The summed E-state index contributed by atoms with van der Waals surface area (Å²) in [5.41, 5.74) is 0. The fraction of sp³-hybridized carbons (Fsp3) is 1.00. The van der Waals surface area contributed by atoms with Crippen molar-refractivity contribution in [2.24, 2.45) is 5.92 Å². The molecule has 0 spiro atoms. The zero-order chi connectivity index (χ0) is 12.7. The summed E-state index contributed by atoms with van der Waals surface area (Å²) in [5, 5.41) is 10.00. The molecule has 0 amide bonds. The summed E-state index contributed by atoms with van der Waals surface area (Å²) in [5.74, 6) is 0.738. The van der Waals surface area contributed by atoms with Gasteiger partial charge in [-0.15, -0.1) is 0 Å². The van der Waals surface area contributed by atoms with Gasteiger partial charge >= 0.3 is 0 Å². The van der Waals surface area contributed by atoms with Crippen molar-refractivity contribution < 1.29 is 5.11 Å². The Balaban J connectivity index is 2.60. The van der Waals surface area contributed by atoms with Gasteiger partial charge in [0.2, 0.25) is 0 Å². The number of unbranched alkanes of at least 4 members (excludes halogenated alkanes) is 1. The van der Waals surface area contributed by atoms with Gasteiger partial charge < -0.3 is 5.11 Å². The molecule has 17 heavy (non-hydrogen) atoms. The zero-order valence-electron chi connectivity index (χ0n) is 12.0. The predicted octanol–water partition coefficient (Wildman–Crippen LogP) is 3.79. The summed E-state index contributed by atoms with van der Waals surface area (Å²) in [6, 6.07) is 0.599. The van der Waals surface area contributed by atoms with E-state index >= 15 is 0 Å². The summed E-state index contributed by atoms with van der Waals surface area (Å²) in [4.78, 5) is 2.35. The number of aliphatic hydroxyl groups is 1. The number of rotatable bonds is 5. The zero-order valence-corrected chi connectivity index (χ0v) is 12.0. The highest BCUT2D eigenvalue weighted by molar-refractivity contribution is 4.79. The molecule has 1 rings (SSSR count). The van der Waals surface area contributed by atoms with Crippen LogP contribution < -0.4 is 0 Å². The van der Waals surface area contributed by atoms with Gasteiger partial charge in [0.25, 0.3) is 0 Å². The molecule has 1 aliphatic rings. The maximum Gasteiger partial charge on any atom is 0.104 e. The van der Waals surface area contributed by atoms with Crippen molar-refractivity contribution in [3.63, 3.8) is 0 Å². The number of hydrogen-bond acceptors (Lipinski definition) is 2. The van der Waals surface area contributed by atoms with Gasteiger partial charge in [-0.25, -0.2) is 0 Å². The van der Waals surface area contributed by atoms with Gasteiger partial charge in [0.1, 0.15) is 6.23 Å². The largest absolute Gasteiger partial charge is 0.379 e. The molecule has 102 valence electrons. The quantitative estimate of drug-likeness (QED) is 0.740. The third-order valence-electron chi connectivity index (χ3n) is 4.24. The van der Waals surface area contributed by atoms with E-state index in [0.717, 1.165) is 12.5 Å². The molecule has 1 fully saturated rings. The summed E-state index contributed by atoms with van der Waals surface area (Å²) >= 11 is 0. The van der Waals surface area contributed by atoms with E-state index < -0.39 is 0 Å². The first-order chi connectivity index (χ1) is 8.16. The van der Waals surface area contributed by atoms with Crippen molar-refractivity contribution in [2.45, 2.75) is 84.4 Å². The first kappa shape index (κ1) is 15.0. The Hall–Kier alpha value is -0.0800. The van der Waals surface area contributed by atoms with Crippen LogP contribution in [0.25, 0.3) is 0 Å². The maximum absolute atomic E-state index is 10.00. The predicted molar refractivity (Wildman–Crippen MR) is 73.9 cm³/mol. The van der Waals surface area contributed by atoms with Crippen molar-refractivity contribution in [1.82, 2.24) is 4.90 Å². The molecule has 3 atom stereocenters. The summed E-state index contributed by atoms with van der Waals surface area (Å²) < 4.78 is 0. The molecule has 0 aromatic rings. The molecule has 3 unspecified atom stereocenters.